The quantitative estimate of drug-likeness (QED) is 0.568. The highest BCUT2D eigenvalue weighted by Gasteiger charge is 2.34. The zero-order valence-corrected chi connectivity index (χ0v) is 16.0. The molecule has 1 aromatic carbocycles. The second-order valence-corrected chi connectivity index (χ2v) is 8.74. The molecule has 1 unspecified atom stereocenters. The van der Waals surface area contributed by atoms with Crippen LogP contribution in [0.1, 0.15) is 20.3 Å². The molecule has 1 aliphatic heterocycles. The Morgan fingerprint density at radius 3 is 3.00 bits per heavy atom. The van der Waals surface area contributed by atoms with Gasteiger partial charge in [-0.15, -0.1) is 10.2 Å². The number of benzene rings is 1. The van der Waals surface area contributed by atoms with Crippen LogP contribution in [-0.4, -0.2) is 39.4 Å². The van der Waals surface area contributed by atoms with Crippen LogP contribution in [0, 0.1) is 16.0 Å². The number of amides is 1. The van der Waals surface area contributed by atoms with Crippen molar-refractivity contribution in [1.82, 2.24) is 10.2 Å². The predicted molar refractivity (Wildman–Crippen MR) is 103 cm³/mol. The van der Waals surface area contributed by atoms with E-state index < -0.39 is 4.92 Å². The summed E-state index contributed by atoms with van der Waals surface area (Å²) in [6.45, 7) is 5.59. The first-order valence-electron chi connectivity index (χ1n) is 8.24. The van der Waals surface area contributed by atoms with Gasteiger partial charge in [-0.1, -0.05) is 43.0 Å². The molecule has 1 amide bonds. The van der Waals surface area contributed by atoms with E-state index in [0.717, 1.165) is 16.0 Å². The lowest BCUT2D eigenvalue weighted by Gasteiger charge is -2.16. The molecular formula is C16H19N5O3S2. The van der Waals surface area contributed by atoms with Crippen LogP contribution >= 0.6 is 23.1 Å². The fourth-order valence-electron chi connectivity index (χ4n) is 2.54. The molecule has 0 aliphatic carbocycles. The number of nitrogens with one attached hydrogen (secondary N) is 1. The second-order valence-electron chi connectivity index (χ2n) is 6.31. The Morgan fingerprint density at radius 1 is 1.46 bits per heavy atom. The van der Waals surface area contributed by atoms with Crippen LogP contribution in [0.5, 0.6) is 0 Å². The van der Waals surface area contributed by atoms with E-state index in [-0.39, 0.29) is 16.8 Å². The van der Waals surface area contributed by atoms with Gasteiger partial charge in [0.15, 0.2) is 4.34 Å². The van der Waals surface area contributed by atoms with Crippen LogP contribution in [0.4, 0.5) is 16.5 Å². The Labute approximate surface area is 159 Å². The van der Waals surface area contributed by atoms with E-state index in [0.29, 0.717) is 24.6 Å². The monoisotopic (exact) mass is 393 g/mol. The number of carbonyl (C=O) groups excluding carboxylic acids is 1. The van der Waals surface area contributed by atoms with Crippen LogP contribution in [0.3, 0.4) is 0 Å². The van der Waals surface area contributed by atoms with Crippen molar-refractivity contribution < 1.29 is 9.72 Å². The van der Waals surface area contributed by atoms with E-state index in [4.69, 9.17) is 0 Å². The van der Waals surface area contributed by atoms with Crippen LogP contribution < -0.4 is 10.2 Å². The first kappa shape index (κ1) is 18.6. The van der Waals surface area contributed by atoms with Crippen LogP contribution in [0.25, 0.3) is 0 Å². The van der Waals surface area contributed by atoms with E-state index in [2.05, 4.69) is 29.4 Å². The maximum absolute atomic E-state index is 12.7. The van der Waals surface area contributed by atoms with Gasteiger partial charge >= 0.3 is 0 Å². The fraction of sp³-hybridized carbons (Fsp3) is 0.438. The average Bonchev–Trinajstić information content (AvgIpc) is 3.21. The molecule has 1 fully saturated rings. The number of nitro groups is 1. The zero-order chi connectivity index (χ0) is 18.7. The summed E-state index contributed by atoms with van der Waals surface area (Å²) in [4.78, 5) is 24.8. The molecule has 0 saturated carbocycles. The van der Waals surface area contributed by atoms with Gasteiger partial charge in [0.05, 0.1) is 15.9 Å². The molecule has 2 heterocycles. The topological polar surface area (TPSA) is 101 Å². The summed E-state index contributed by atoms with van der Waals surface area (Å²) in [6, 6.07) is 6.17. The van der Waals surface area contributed by atoms with Crippen molar-refractivity contribution in [2.24, 2.45) is 5.92 Å². The number of non-ortho nitro benzene ring substituents is 1. The number of carbonyl (C=O) groups is 1. The maximum atomic E-state index is 12.7. The summed E-state index contributed by atoms with van der Waals surface area (Å²) in [5, 5.41) is 22.9. The van der Waals surface area contributed by atoms with Crippen molar-refractivity contribution in [2.45, 2.75) is 29.9 Å². The molecule has 26 heavy (non-hydrogen) atoms. The van der Waals surface area contributed by atoms with Gasteiger partial charge in [-0.3, -0.25) is 14.9 Å². The summed E-state index contributed by atoms with van der Waals surface area (Å²) in [7, 11) is 0. The van der Waals surface area contributed by atoms with Crippen molar-refractivity contribution in [1.29, 1.82) is 0 Å². The average molecular weight is 393 g/mol. The molecule has 138 valence electrons. The lowest BCUT2D eigenvalue weighted by atomic mass is 10.2. The minimum Gasteiger partial charge on any atom is -0.360 e. The molecule has 1 aliphatic rings. The summed E-state index contributed by atoms with van der Waals surface area (Å²) in [5.41, 5.74) is 0.542. The molecule has 0 spiro atoms. The van der Waals surface area contributed by atoms with Crippen molar-refractivity contribution >= 4 is 45.5 Å². The fourth-order valence-corrected chi connectivity index (χ4v) is 4.58. The first-order chi connectivity index (χ1) is 12.4. The van der Waals surface area contributed by atoms with Gasteiger partial charge in [0.25, 0.3) is 5.69 Å². The summed E-state index contributed by atoms with van der Waals surface area (Å²) < 4.78 is 0.746. The Kier molecular flexibility index (Phi) is 5.72. The van der Waals surface area contributed by atoms with E-state index in [1.807, 2.05) is 0 Å². The molecule has 1 aromatic heterocycles. The van der Waals surface area contributed by atoms with Gasteiger partial charge in [0, 0.05) is 25.2 Å². The molecular weight excluding hydrogens is 374 g/mol. The number of nitro benzene ring substituents is 1. The lowest BCUT2D eigenvalue weighted by Crippen LogP contribution is -2.27. The minimum absolute atomic E-state index is 0.0172. The Bertz CT molecular complexity index is 811. The molecule has 1 saturated heterocycles. The SMILES string of the molecule is CC(C)CNc1nnc(SC2CCN(c3cccc([N+](=O)[O-])c3)C2=O)s1. The third kappa shape index (κ3) is 4.31. The van der Waals surface area contributed by atoms with Gasteiger partial charge in [-0.25, -0.2) is 0 Å². The third-order valence-corrected chi connectivity index (χ3v) is 6.04. The van der Waals surface area contributed by atoms with Crippen LogP contribution in [0.15, 0.2) is 28.6 Å². The highest BCUT2D eigenvalue weighted by Crippen LogP contribution is 2.36. The highest BCUT2D eigenvalue weighted by molar-refractivity contribution is 8.02. The van der Waals surface area contributed by atoms with Crippen molar-refractivity contribution in [2.75, 3.05) is 23.3 Å². The Hall–Kier alpha value is -2.20. The number of anilines is 2. The van der Waals surface area contributed by atoms with E-state index in [9.17, 15) is 14.9 Å². The third-order valence-electron chi connectivity index (χ3n) is 3.82. The number of rotatable bonds is 7. The van der Waals surface area contributed by atoms with Crippen LogP contribution in [0.2, 0.25) is 0 Å². The lowest BCUT2D eigenvalue weighted by molar-refractivity contribution is -0.384. The second kappa shape index (κ2) is 8.00. The molecule has 1 N–H and O–H groups in total. The summed E-state index contributed by atoms with van der Waals surface area (Å²) >= 11 is 2.84. The van der Waals surface area contributed by atoms with E-state index in [1.54, 1.807) is 17.0 Å². The standard InChI is InChI=1S/C16H19N5O3S2/c1-10(2)9-17-15-18-19-16(26-15)25-13-6-7-20(14(13)22)11-4-3-5-12(8-11)21(23)24/h3-5,8,10,13H,6-7,9H2,1-2H3,(H,17,18). The molecule has 2 aromatic rings. The predicted octanol–water partition coefficient (Wildman–Crippen LogP) is 3.41. The van der Waals surface area contributed by atoms with E-state index in [1.165, 1.54) is 35.2 Å². The van der Waals surface area contributed by atoms with Crippen LogP contribution in [-0.2, 0) is 4.79 Å². The normalized spacial score (nSPS) is 17.1. The van der Waals surface area contributed by atoms with E-state index >= 15 is 0 Å². The molecule has 8 nitrogen and oxygen atoms in total. The molecule has 0 radical (unpaired) electrons. The minimum atomic E-state index is -0.455. The van der Waals surface area contributed by atoms with Gasteiger partial charge in [-0.2, -0.15) is 0 Å². The van der Waals surface area contributed by atoms with Crippen molar-refractivity contribution in [3.05, 3.63) is 34.4 Å². The number of nitrogens with zero attached hydrogens (tertiary/aromatic N) is 4. The summed E-state index contributed by atoms with van der Waals surface area (Å²) in [6.07, 6.45) is 0.667. The first-order valence-corrected chi connectivity index (χ1v) is 9.93. The molecule has 1 atom stereocenters. The van der Waals surface area contributed by atoms with Gasteiger partial charge < -0.3 is 10.2 Å². The number of hydrogen-bond acceptors (Lipinski definition) is 8. The smallest absolute Gasteiger partial charge is 0.271 e. The number of hydrogen-bond donors (Lipinski definition) is 1. The van der Waals surface area contributed by atoms with Gasteiger partial charge in [0.1, 0.15) is 0 Å². The molecule has 3 rings (SSSR count). The highest BCUT2D eigenvalue weighted by atomic mass is 32.2. The number of aromatic nitrogens is 2. The van der Waals surface area contributed by atoms with Gasteiger partial charge in [-0.05, 0) is 18.4 Å². The zero-order valence-electron chi connectivity index (χ0n) is 14.4. The van der Waals surface area contributed by atoms with Crippen molar-refractivity contribution in [3.63, 3.8) is 0 Å². The Morgan fingerprint density at radius 2 is 2.27 bits per heavy atom. The Balaban J connectivity index is 1.64. The molecule has 0 bridgehead atoms. The number of thioether (sulfide) groups is 1. The van der Waals surface area contributed by atoms with Gasteiger partial charge in [0.2, 0.25) is 11.0 Å². The largest absolute Gasteiger partial charge is 0.360 e. The van der Waals surface area contributed by atoms with Crippen molar-refractivity contribution in [3.8, 4) is 0 Å². The molecule has 10 heteroatoms. The summed E-state index contributed by atoms with van der Waals surface area (Å²) in [5.74, 6) is 0.456. The maximum Gasteiger partial charge on any atom is 0.271 e.